The van der Waals surface area contributed by atoms with Crippen LogP contribution in [-0.2, 0) is 26.0 Å². The Morgan fingerprint density at radius 3 is 2.60 bits per heavy atom. The average Bonchev–Trinajstić information content (AvgIpc) is 2.86. The second-order valence-corrected chi connectivity index (χ2v) is 12.2. The topological polar surface area (TPSA) is 116 Å². The van der Waals surface area contributed by atoms with Crippen molar-refractivity contribution < 1.29 is 27.9 Å². The largest absolute Gasteiger partial charge is 0.488 e. The van der Waals surface area contributed by atoms with Gasteiger partial charge in [0.15, 0.2) is 0 Å². The summed E-state index contributed by atoms with van der Waals surface area (Å²) < 4.78 is 31.7. The van der Waals surface area contributed by atoms with E-state index < -0.39 is 22.2 Å². The molecule has 35 heavy (non-hydrogen) atoms. The van der Waals surface area contributed by atoms with Crippen LogP contribution < -0.4 is 10.1 Å². The van der Waals surface area contributed by atoms with E-state index in [9.17, 15) is 23.1 Å². The van der Waals surface area contributed by atoms with Crippen LogP contribution in [0.3, 0.4) is 0 Å². The molecular formula is C25H39N3O6S. The van der Waals surface area contributed by atoms with Crippen molar-refractivity contribution in [1.29, 1.82) is 0 Å². The molecule has 0 unspecified atom stereocenters. The van der Waals surface area contributed by atoms with E-state index >= 15 is 0 Å². The lowest BCUT2D eigenvalue weighted by Crippen LogP contribution is -2.48. The highest BCUT2D eigenvalue weighted by atomic mass is 32.2. The number of rotatable bonds is 7. The lowest BCUT2D eigenvalue weighted by Gasteiger charge is -2.33. The van der Waals surface area contributed by atoms with Gasteiger partial charge in [0.05, 0.1) is 31.9 Å². The second-order valence-electron chi connectivity index (χ2n) is 10.1. The number of anilines is 1. The zero-order valence-corrected chi connectivity index (χ0v) is 22.0. The fourth-order valence-corrected chi connectivity index (χ4v) is 5.14. The number of aliphatic hydroxyl groups excluding tert-OH is 1. The van der Waals surface area contributed by atoms with Gasteiger partial charge in [-0.05, 0) is 38.0 Å². The number of aliphatic hydroxyl groups is 1. The summed E-state index contributed by atoms with van der Waals surface area (Å²) in [6.07, 6.45) is 5.74. The molecule has 10 heteroatoms. The van der Waals surface area contributed by atoms with Crippen LogP contribution >= 0.6 is 0 Å². The third-order valence-electron chi connectivity index (χ3n) is 7.16. The van der Waals surface area contributed by atoms with E-state index in [0.29, 0.717) is 23.5 Å². The van der Waals surface area contributed by atoms with Gasteiger partial charge >= 0.3 is 0 Å². The number of ether oxygens (including phenoxy) is 1. The van der Waals surface area contributed by atoms with Gasteiger partial charge in [-0.3, -0.25) is 9.59 Å². The van der Waals surface area contributed by atoms with E-state index in [2.05, 4.69) is 5.32 Å². The molecule has 9 nitrogen and oxygen atoms in total. The third kappa shape index (κ3) is 7.17. The van der Waals surface area contributed by atoms with Crippen molar-refractivity contribution >= 4 is 27.5 Å². The van der Waals surface area contributed by atoms with E-state index in [0.717, 1.165) is 31.9 Å². The van der Waals surface area contributed by atoms with Crippen LogP contribution in [0.4, 0.5) is 5.69 Å². The molecule has 1 aliphatic heterocycles. The number of carbonyl (C=O) groups excluding carboxylic acids is 2. The Bertz CT molecular complexity index is 1010. The first kappa shape index (κ1) is 27.4. The molecule has 196 valence electrons. The molecule has 2 N–H and O–H groups in total. The molecular weight excluding hydrogens is 470 g/mol. The monoisotopic (exact) mass is 509 g/mol. The maximum atomic E-state index is 13.3. The number of carbonyl (C=O) groups is 2. The van der Waals surface area contributed by atoms with E-state index in [1.807, 2.05) is 6.92 Å². The Balaban J connectivity index is 1.91. The molecule has 0 saturated heterocycles. The molecule has 1 aliphatic carbocycles. The third-order valence-corrected chi connectivity index (χ3v) is 8.44. The second kappa shape index (κ2) is 11.7. The normalized spacial score (nSPS) is 23.0. The van der Waals surface area contributed by atoms with Crippen LogP contribution in [0.15, 0.2) is 18.2 Å². The number of benzene rings is 1. The summed E-state index contributed by atoms with van der Waals surface area (Å²) in [6, 6.07) is 4.87. The molecule has 3 atom stereocenters. The first-order valence-corrected chi connectivity index (χ1v) is 14.3. The summed E-state index contributed by atoms with van der Waals surface area (Å²) in [7, 11) is -1.92. The van der Waals surface area contributed by atoms with Crippen molar-refractivity contribution in [2.45, 2.75) is 64.5 Å². The molecule has 1 aromatic carbocycles. The number of hydrogen-bond acceptors (Lipinski definition) is 6. The Morgan fingerprint density at radius 1 is 1.29 bits per heavy atom. The quantitative estimate of drug-likeness (QED) is 0.582. The summed E-state index contributed by atoms with van der Waals surface area (Å²) in [5, 5.41) is 12.7. The fraction of sp³-hybridized carbons (Fsp3) is 0.680. The fourth-order valence-electron chi connectivity index (χ4n) is 4.72. The molecule has 1 heterocycles. The number of amides is 2. The highest BCUT2D eigenvalue weighted by Crippen LogP contribution is 2.30. The van der Waals surface area contributed by atoms with E-state index in [1.54, 1.807) is 30.0 Å². The van der Waals surface area contributed by atoms with Crippen molar-refractivity contribution in [3.8, 4) is 5.75 Å². The molecule has 2 aliphatic rings. The smallest absolute Gasteiger partial charge is 0.227 e. The Hall–Kier alpha value is -2.17. The van der Waals surface area contributed by atoms with Crippen LogP contribution in [0.2, 0.25) is 0 Å². The number of nitrogens with zero attached hydrogens (tertiary/aromatic N) is 2. The maximum Gasteiger partial charge on any atom is 0.227 e. The minimum atomic E-state index is -3.42. The molecule has 1 saturated carbocycles. The predicted molar refractivity (Wildman–Crippen MR) is 135 cm³/mol. The van der Waals surface area contributed by atoms with Gasteiger partial charge < -0.3 is 20.1 Å². The summed E-state index contributed by atoms with van der Waals surface area (Å²) in [6.45, 7) is 3.95. The Labute approximate surface area is 208 Å². The van der Waals surface area contributed by atoms with Gasteiger partial charge in [-0.2, -0.15) is 0 Å². The lowest BCUT2D eigenvalue weighted by atomic mass is 9.88. The van der Waals surface area contributed by atoms with Gasteiger partial charge in [0, 0.05) is 36.7 Å². The van der Waals surface area contributed by atoms with Crippen LogP contribution in [0.1, 0.15) is 51.5 Å². The van der Waals surface area contributed by atoms with E-state index in [1.165, 1.54) is 17.8 Å². The molecule has 0 spiro atoms. The SMILES string of the molecule is C[C@H](CO)N1C[C@H](C)[C@@H](CN(C)S(C)(=O)=O)Oc2ccc(NC(=O)C3CCCCC3)cc2CC1=O. The molecule has 0 radical (unpaired) electrons. The van der Waals surface area contributed by atoms with E-state index in [4.69, 9.17) is 4.74 Å². The van der Waals surface area contributed by atoms with Gasteiger partial charge in [-0.25, -0.2) is 12.7 Å². The summed E-state index contributed by atoms with van der Waals surface area (Å²) in [5.74, 6) is 0.137. The van der Waals surface area contributed by atoms with Crippen LogP contribution in [0.5, 0.6) is 5.75 Å². The minimum absolute atomic E-state index is 0.00299. The number of nitrogens with one attached hydrogen (secondary N) is 1. The first-order chi connectivity index (χ1) is 16.5. The van der Waals surface area contributed by atoms with Crippen molar-refractivity contribution in [1.82, 2.24) is 9.21 Å². The highest BCUT2D eigenvalue weighted by Gasteiger charge is 2.32. The van der Waals surface area contributed by atoms with Crippen molar-refractivity contribution in [2.24, 2.45) is 11.8 Å². The van der Waals surface area contributed by atoms with Crippen molar-refractivity contribution in [3.63, 3.8) is 0 Å². The maximum absolute atomic E-state index is 13.3. The standard InChI is InChI=1S/C25H39N3O6S/c1-17-14-28(18(2)16-29)24(30)13-20-12-21(26-25(31)19-8-6-5-7-9-19)10-11-22(20)34-23(17)15-27(3)35(4,32)33/h10-12,17-19,23,29H,5-9,13-16H2,1-4H3,(H,26,31)/t17-,18+,23+/m0/s1. The van der Waals surface area contributed by atoms with Crippen molar-refractivity contribution in [2.75, 3.05) is 38.3 Å². The highest BCUT2D eigenvalue weighted by molar-refractivity contribution is 7.88. The Kier molecular flexibility index (Phi) is 9.17. The summed E-state index contributed by atoms with van der Waals surface area (Å²) >= 11 is 0. The molecule has 0 bridgehead atoms. The van der Waals surface area contributed by atoms with Crippen LogP contribution in [0, 0.1) is 11.8 Å². The number of fused-ring (bicyclic) bond motifs is 1. The molecule has 0 aromatic heterocycles. The van der Waals surface area contributed by atoms with Gasteiger partial charge in [0.1, 0.15) is 11.9 Å². The predicted octanol–water partition coefficient (Wildman–Crippen LogP) is 2.25. The minimum Gasteiger partial charge on any atom is -0.488 e. The van der Waals surface area contributed by atoms with Crippen LogP contribution in [0.25, 0.3) is 0 Å². The van der Waals surface area contributed by atoms with E-state index in [-0.39, 0.29) is 43.2 Å². The molecule has 1 fully saturated rings. The van der Waals surface area contributed by atoms with Crippen LogP contribution in [-0.4, -0.2) is 79.7 Å². The number of hydrogen-bond donors (Lipinski definition) is 2. The average molecular weight is 510 g/mol. The summed E-state index contributed by atoms with van der Waals surface area (Å²) in [4.78, 5) is 27.7. The zero-order chi connectivity index (χ0) is 25.8. The van der Waals surface area contributed by atoms with Gasteiger partial charge in [-0.15, -0.1) is 0 Å². The van der Waals surface area contributed by atoms with Gasteiger partial charge in [0.25, 0.3) is 0 Å². The molecule has 1 aromatic rings. The summed E-state index contributed by atoms with van der Waals surface area (Å²) in [5.41, 5.74) is 1.22. The lowest BCUT2D eigenvalue weighted by molar-refractivity contribution is -0.134. The van der Waals surface area contributed by atoms with Gasteiger partial charge in [-0.1, -0.05) is 26.2 Å². The first-order valence-electron chi connectivity index (χ1n) is 12.4. The van der Waals surface area contributed by atoms with Crippen molar-refractivity contribution in [3.05, 3.63) is 23.8 Å². The number of sulfonamides is 1. The van der Waals surface area contributed by atoms with Gasteiger partial charge in [0.2, 0.25) is 21.8 Å². The molecule has 2 amide bonds. The Morgan fingerprint density at radius 2 is 1.97 bits per heavy atom. The number of likely N-dealkylation sites (N-methyl/N-ethyl adjacent to an activating group) is 1. The zero-order valence-electron chi connectivity index (χ0n) is 21.2. The molecule has 3 rings (SSSR count).